The fourth-order valence-corrected chi connectivity index (χ4v) is 2.13. The van der Waals surface area contributed by atoms with Gasteiger partial charge in [0.05, 0.1) is 0 Å². The Morgan fingerprint density at radius 2 is 1.11 bits per heavy atom. The molecule has 0 fully saturated rings. The molecule has 0 bridgehead atoms. The quantitative estimate of drug-likeness (QED) is 0.350. The Morgan fingerprint density at radius 1 is 0.842 bits per heavy atom. The molecule has 0 aromatic rings. The van der Waals surface area contributed by atoms with E-state index in [0.29, 0.717) is 0 Å². The van der Waals surface area contributed by atoms with Crippen molar-refractivity contribution >= 4 is 32.2 Å². The van der Waals surface area contributed by atoms with Crippen LogP contribution in [0.4, 0.5) is 0 Å². The molecule has 19 heavy (non-hydrogen) atoms. The van der Waals surface area contributed by atoms with E-state index in [9.17, 15) is 26.4 Å². The van der Waals surface area contributed by atoms with Gasteiger partial charge in [0.1, 0.15) is 11.5 Å². The van der Waals surface area contributed by atoms with Crippen LogP contribution in [0.3, 0.4) is 0 Å². The summed E-state index contributed by atoms with van der Waals surface area (Å²) in [5.41, 5.74) is 0. The number of hydrogen-bond donors (Lipinski definition) is 4. The average molecular weight is 322 g/mol. The molecule has 0 saturated carbocycles. The van der Waals surface area contributed by atoms with Gasteiger partial charge in [0.15, 0.2) is 12.2 Å². The van der Waals surface area contributed by atoms with E-state index >= 15 is 0 Å². The van der Waals surface area contributed by atoms with Crippen molar-refractivity contribution in [3.63, 3.8) is 0 Å². The molecule has 0 saturated heterocycles. The van der Waals surface area contributed by atoms with Gasteiger partial charge in [0.25, 0.3) is 20.2 Å². The standard InChI is InChI=1S/C6H10O11S2/c7-5(8)3(1-18(11,12)13)17-4(6(9)10)2-19(14,15)16/h3-4H,1-2H2,(H,7,8)(H,9,10)(H,11,12,13)(H,14,15,16). The third-order valence-electron chi connectivity index (χ3n) is 1.60. The van der Waals surface area contributed by atoms with Crippen molar-refractivity contribution < 1.29 is 50.5 Å². The summed E-state index contributed by atoms with van der Waals surface area (Å²) in [4.78, 5) is 21.2. The molecule has 13 heteroatoms. The molecule has 11 nitrogen and oxygen atoms in total. The highest BCUT2D eigenvalue weighted by Crippen LogP contribution is 2.06. The first kappa shape index (κ1) is 17.7. The van der Waals surface area contributed by atoms with Crippen molar-refractivity contribution in [2.24, 2.45) is 0 Å². The Balaban J connectivity index is 5.07. The minimum atomic E-state index is -4.79. The molecular weight excluding hydrogens is 312 g/mol. The Labute approximate surface area is 107 Å². The first-order valence-corrected chi connectivity index (χ1v) is 7.55. The Morgan fingerprint density at radius 3 is 1.26 bits per heavy atom. The molecule has 0 aromatic heterocycles. The van der Waals surface area contributed by atoms with Crippen molar-refractivity contribution in [1.29, 1.82) is 0 Å². The van der Waals surface area contributed by atoms with E-state index in [2.05, 4.69) is 4.74 Å². The number of hydrogen-bond acceptors (Lipinski definition) is 7. The van der Waals surface area contributed by atoms with Crippen LogP contribution in [-0.2, 0) is 34.6 Å². The van der Waals surface area contributed by atoms with Crippen LogP contribution in [0.2, 0.25) is 0 Å². The first-order valence-electron chi connectivity index (χ1n) is 4.33. The lowest BCUT2D eigenvalue weighted by atomic mass is 10.3. The zero-order chi connectivity index (χ0) is 15.4. The Kier molecular flexibility index (Phi) is 5.83. The summed E-state index contributed by atoms with van der Waals surface area (Å²) in [6.07, 6.45) is -4.62. The van der Waals surface area contributed by atoms with E-state index in [0.717, 1.165) is 0 Å². The second-order valence-corrected chi connectivity index (χ2v) is 6.28. The molecule has 0 aliphatic heterocycles. The van der Waals surface area contributed by atoms with Gasteiger partial charge in [-0.15, -0.1) is 0 Å². The van der Waals surface area contributed by atoms with E-state index in [-0.39, 0.29) is 0 Å². The van der Waals surface area contributed by atoms with Crippen LogP contribution in [0.5, 0.6) is 0 Å². The lowest BCUT2D eigenvalue weighted by molar-refractivity contribution is -0.162. The lowest BCUT2D eigenvalue weighted by Gasteiger charge is -2.17. The molecule has 0 amide bonds. The van der Waals surface area contributed by atoms with Crippen molar-refractivity contribution in [2.75, 3.05) is 11.5 Å². The zero-order valence-corrected chi connectivity index (χ0v) is 10.7. The summed E-state index contributed by atoms with van der Waals surface area (Å²) >= 11 is 0. The van der Waals surface area contributed by atoms with Crippen molar-refractivity contribution in [1.82, 2.24) is 0 Å². The van der Waals surface area contributed by atoms with Crippen LogP contribution in [0.25, 0.3) is 0 Å². The second-order valence-electron chi connectivity index (χ2n) is 3.29. The van der Waals surface area contributed by atoms with Crippen molar-refractivity contribution in [2.45, 2.75) is 12.2 Å². The van der Waals surface area contributed by atoms with Gasteiger partial charge in [-0.2, -0.15) is 16.8 Å². The molecule has 112 valence electrons. The van der Waals surface area contributed by atoms with Crippen molar-refractivity contribution in [3.05, 3.63) is 0 Å². The van der Waals surface area contributed by atoms with E-state index in [1.165, 1.54) is 0 Å². The van der Waals surface area contributed by atoms with Crippen LogP contribution in [0, 0.1) is 0 Å². The highest BCUT2D eigenvalue weighted by Gasteiger charge is 2.33. The summed E-state index contributed by atoms with van der Waals surface area (Å²) in [5.74, 6) is -6.81. The predicted octanol–water partition coefficient (Wildman–Crippen LogP) is -2.31. The second kappa shape index (κ2) is 6.25. The number of aliphatic carboxylic acids is 2. The smallest absolute Gasteiger partial charge is 0.334 e. The van der Waals surface area contributed by atoms with Crippen LogP contribution < -0.4 is 0 Å². The van der Waals surface area contributed by atoms with Gasteiger partial charge in [-0.1, -0.05) is 0 Å². The Hall–Kier alpha value is -1.28. The van der Waals surface area contributed by atoms with E-state index in [4.69, 9.17) is 19.3 Å². The largest absolute Gasteiger partial charge is 0.479 e. The van der Waals surface area contributed by atoms with Gasteiger partial charge in [-0.3, -0.25) is 9.11 Å². The summed E-state index contributed by atoms with van der Waals surface area (Å²) in [7, 11) is -9.59. The number of carboxylic acids is 2. The number of carboxylic acid groups (broad SMARTS) is 2. The van der Waals surface area contributed by atoms with Gasteiger partial charge >= 0.3 is 11.9 Å². The minimum Gasteiger partial charge on any atom is -0.479 e. The monoisotopic (exact) mass is 322 g/mol. The number of carbonyl (C=O) groups is 2. The molecule has 2 unspecified atom stereocenters. The fraction of sp³-hybridized carbons (Fsp3) is 0.667. The molecular formula is C6H10O11S2. The molecule has 4 N–H and O–H groups in total. The average Bonchev–Trinajstić information content (AvgIpc) is 2.10. The van der Waals surface area contributed by atoms with Gasteiger partial charge in [0, 0.05) is 0 Å². The van der Waals surface area contributed by atoms with Gasteiger partial charge < -0.3 is 14.9 Å². The summed E-state index contributed by atoms with van der Waals surface area (Å²) < 4.78 is 63.0. The van der Waals surface area contributed by atoms with E-state index < -0.39 is 55.9 Å². The fourth-order valence-electron chi connectivity index (χ4n) is 0.918. The molecule has 0 spiro atoms. The molecule has 0 aliphatic rings. The van der Waals surface area contributed by atoms with Crippen LogP contribution >= 0.6 is 0 Å². The topological polar surface area (TPSA) is 193 Å². The predicted molar refractivity (Wildman–Crippen MR) is 56.8 cm³/mol. The Bertz CT molecular complexity index is 494. The maximum atomic E-state index is 10.6. The summed E-state index contributed by atoms with van der Waals surface area (Å²) in [6, 6.07) is 0. The first-order chi connectivity index (χ1) is 8.32. The molecule has 2 atom stereocenters. The third kappa shape index (κ3) is 8.44. The number of rotatable bonds is 8. The van der Waals surface area contributed by atoms with Gasteiger partial charge in [0.2, 0.25) is 0 Å². The molecule has 0 radical (unpaired) electrons. The zero-order valence-electron chi connectivity index (χ0n) is 9.03. The normalized spacial score (nSPS) is 15.7. The minimum absolute atomic E-state index is 1.47. The third-order valence-corrected chi connectivity index (χ3v) is 3.05. The van der Waals surface area contributed by atoms with Crippen LogP contribution in [0.1, 0.15) is 0 Å². The highest BCUT2D eigenvalue weighted by molar-refractivity contribution is 7.86. The highest BCUT2D eigenvalue weighted by atomic mass is 32.2. The maximum Gasteiger partial charge on any atom is 0.334 e. The SMILES string of the molecule is O=C(O)C(CS(=O)(=O)O)OC(CS(=O)(=O)O)C(=O)O. The van der Waals surface area contributed by atoms with Gasteiger partial charge in [-0.05, 0) is 0 Å². The van der Waals surface area contributed by atoms with Gasteiger partial charge in [-0.25, -0.2) is 9.59 Å². The van der Waals surface area contributed by atoms with E-state index in [1.54, 1.807) is 0 Å². The van der Waals surface area contributed by atoms with Crippen LogP contribution in [0.15, 0.2) is 0 Å². The lowest BCUT2D eigenvalue weighted by Crippen LogP contribution is -2.41. The number of ether oxygens (including phenoxy) is 1. The molecule has 0 aromatic carbocycles. The maximum absolute atomic E-state index is 10.6. The molecule has 0 heterocycles. The van der Waals surface area contributed by atoms with E-state index in [1.807, 2.05) is 0 Å². The summed E-state index contributed by atoms with van der Waals surface area (Å²) in [6.45, 7) is 0. The molecule has 0 aliphatic carbocycles. The summed E-state index contributed by atoms with van der Waals surface area (Å²) in [5, 5.41) is 17.1. The van der Waals surface area contributed by atoms with Crippen LogP contribution in [-0.4, -0.2) is 71.8 Å². The van der Waals surface area contributed by atoms with Crippen molar-refractivity contribution in [3.8, 4) is 0 Å². The molecule has 0 rings (SSSR count).